The Morgan fingerprint density at radius 1 is 1.53 bits per heavy atom. The smallest absolute Gasteiger partial charge is 0.250 e. The first-order chi connectivity index (χ1) is 7.15. The first kappa shape index (κ1) is 11.5. The van der Waals surface area contributed by atoms with Crippen LogP contribution in [0.3, 0.4) is 0 Å². The lowest BCUT2D eigenvalue weighted by Crippen LogP contribution is -2.18. The normalized spacial score (nSPS) is 10.0. The van der Waals surface area contributed by atoms with Crippen LogP contribution in [-0.2, 0) is 9.53 Å². The zero-order valence-corrected chi connectivity index (χ0v) is 9.04. The van der Waals surface area contributed by atoms with Crippen molar-refractivity contribution in [2.75, 3.05) is 24.3 Å². The fourth-order valence-corrected chi connectivity index (χ4v) is 1.17. The van der Waals surface area contributed by atoms with Gasteiger partial charge in [0.05, 0.1) is 0 Å². The number of carbonyl (C=O) groups excluding carboxylic acids is 1. The van der Waals surface area contributed by atoms with Crippen molar-refractivity contribution in [3.63, 3.8) is 0 Å². The summed E-state index contributed by atoms with van der Waals surface area (Å²) in [5.41, 5.74) is 8.00. The SMILES string of the molecule is CCOCC(=O)Nc1cccc(N)c1C. The van der Waals surface area contributed by atoms with E-state index in [9.17, 15) is 4.79 Å². The molecule has 4 nitrogen and oxygen atoms in total. The molecule has 15 heavy (non-hydrogen) atoms. The number of hydrogen-bond acceptors (Lipinski definition) is 3. The van der Waals surface area contributed by atoms with E-state index in [-0.39, 0.29) is 12.5 Å². The number of benzene rings is 1. The fourth-order valence-electron chi connectivity index (χ4n) is 1.17. The number of nitrogens with one attached hydrogen (secondary N) is 1. The van der Waals surface area contributed by atoms with Gasteiger partial charge in [0, 0.05) is 18.0 Å². The van der Waals surface area contributed by atoms with Crippen molar-refractivity contribution in [3.8, 4) is 0 Å². The minimum absolute atomic E-state index is 0.0741. The number of nitrogens with two attached hydrogens (primary N) is 1. The van der Waals surface area contributed by atoms with Gasteiger partial charge in [-0.2, -0.15) is 0 Å². The number of hydrogen-bond donors (Lipinski definition) is 2. The molecular weight excluding hydrogens is 192 g/mol. The van der Waals surface area contributed by atoms with E-state index in [2.05, 4.69) is 5.32 Å². The molecule has 0 unspecified atom stereocenters. The largest absolute Gasteiger partial charge is 0.398 e. The van der Waals surface area contributed by atoms with Gasteiger partial charge in [0.25, 0.3) is 0 Å². The lowest BCUT2D eigenvalue weighted by atomic mass is 10.1. The van der Waals surface area contributed by atoms with Crippen molar-refractivity contribution in [1.29, 1.82) is 0 Å². The van der Waals surface area contributed by atoms with Gasteiger partial charge in [-0.15, -0.1) is 0 Å². The zero-order valence-electron chi connectivity index (χ0n) is 9.04. The predicted octanol–water partition coefficient (Wildman–Crippen LogP) is 1.55. The quantitative estimate of drug-likeness (QED) is 0.738. The summed E-state index contributed by atoms with van der Waals surface area (Å²) in [5, 5.41) is 2.74. The van der Waals surface area contributed by atoms with E-state index in [1.165, 1.54) is 0 Å². The molecule has 0 saturated carbocycles. The summed E-state index contributed by atoms with van der Waals surface area (Å²) in [6.07, 6.45) is 0. The minimum atomic E-state index is -0.162. The molecule has 1 aromatic rings. The van der Waals surface area contributed by atoms with E-state index in [1.807, 2.05) is 19.9 Å². The highest BCUT2D eigenvalue weighted by atomic mass is 16.5. The standard InChI is InChI=1S/C11H16N2O2/c1-3-15-7-11(14)13-10-6-4-5-9(12)8(10)2/h4-6H,3,7,12H2,1-2H3,(H,13,14). The molecule has 0 heterocycles. The summed E-state index contributed by atoms with van der Waals surface area (Å²) >= 11 is 0. The number of carbonyl (C=O) groups is 1. The first-order valence-corrected chi connectivity index (χ1v) is 4.87. The molecule has 0 radical (unpaired) electrons. The Kier molecular flexibility index (Phi) is 4.12. The van der Waals surface area contributed by atoms with Crippen LogP contribution in [0.5, 0.6) is 0 Å². The third-order valence-corrected chi connectivity index (χ3v) is 2.09. The van der Waals surface area contributed by atoms with Crippen LogP contribution >= 0.6 is 0 Å². The predicted molar refractivity (Wildman–Crippen MR) is 60.7 cm³/mol. The number of nitrogen functional groups attached to an aromatic ring is 1. The van der Waals surface area contributed by atoms with Gasteiger partial charge >= 0.3 is 0 Å². The van der Waals surface area contributed by atoms with Crippen LogP contribution in [0.15, 0.2) is 18.2 Å². The second kappa shape index (κ2) is 5.36. The lowest BCUT2D eigenvalue weighted by molar-refractivity contribution is -0.120. The Labute approximate surface area is 89.4 Å². The van der Waals surface area contributed by atoms with Crippen LogP contribution in [0.25, 0.3) is 0 Å². The van der Waals surface area contributed by atoms with Crippen molar-refractivity contribution in [3.05, 3.63) is 23.8 Å². The van der Waals surface area contributed by atoms with Crippen molar-refractivity contribution in [1.82, 2.24) is 0 Å². The van der Waals surface area contributed by atoms with E-state index in [4.69, 9.17) is 10.5 Å². The molecule has 0 aliphatic carbocycles. The van der Waals surface area contributed by atoms with Crippen molar-refractivity contribution in [2.24, 2.45) is 0 Å². The highest BCUT2D eigenvalue weighted by molar-refractivity contribution is 5.93. The zero-order chi connectivity index (χ0) is 11.3. The maximum Gasteiger partial charge on any atom is 0.250 e. The molecule has 0 aromatic heterocycles. The number of anilines is 2. The number of ether oxygens (including phenoxy) is 1. The fraction of sp³-hybridized carbons (Fsp3) is 0.364. The lowest BCUT2D eigenvalue weighted by Gasteiger charge is -2.09. The second-order valence-corrected chi connectivity index (χ2v) is 3.21. The highest BCUT2D eigenvalue weighted by Crippen LogP contribution is 2.20. The molecule has 0 fully saturated rings. The molecule has 4 heteroatoms. The molecule has 0 atom stereocenters. The Bertz CT molecular complexity index is 350. The molecule has 82 valence electrons. The van der Waals surface area contributed by atoms with Gasteiger partial charge < -0.3 is 15.8 Å². The molecule has 1 amide bonds. The van der Waals surface area contributed by atoms with Gasteiger partial charge in [-0.05, 0) is 31.5 Å². The summed E-state index contributed by atoms with van der Waals surface area (Å²) < 4.78 is 4.99. The van der Waals surface area contributed by atoms with Gasteiger partial charge in [-0.25, -0.2) is 0 Å². The van der Waals surface area contributed by atoms with Gasteiger partial charge in [0.1, 0.15) is 6.61 Å². The van der Waals surface area contributed by atoms with Gasteiger partial charge in [0.2, 0.25) is 5.91 Å². The number of rotatable bonds is 4. The maximum atomic E-state index is 11.4. The Balaban J connectivity index is 2.64. The summed E-state index contributed by atoms with van der Waals surface area (Å²) in [6, 6.07) is 5.42. The van der Waals surface area contributed by atoms with E-state index in [0.717, 1.165) is 11.3 Å². The van der Waals surface area contributed by atoms with Crippen LogP contribution in [0.1, 0.15) is 12.5 Å². The monoisotopic (exact) mass is 208 g/mol. The number of amides is 1. The van der Waals surface area contributed by atoms with Crippen molar-refractivity contribution in [2.45, 2.75) is 13.8 Å². The summed E-state index contributed by atoms with van der Waals surface area (Å²) in [6.45, 7) is 4.32. The van der Waals surface area contributed by atoms with Gasteiger partial charge in [0.15, 0.2) is 0 Å². The molecular formula is C11H16N2O2. The first-order valence-electron chi connectivity index (χ1n) is 4.87. The molecule has 1 rings (SSSR count). The van der Waals surface area contributed by atoms with E-state index in [1.54, 1.807) is 12.1 Å². The van der Waals surface area contributed by atoms with E-state index >= 15 is 0 Å². The van der Waals surface area contributed by atoms with E-state index < -0.39 is 0 Å². The second-order valence-electron chi connectivity index (χ2n) is 3.21. The molecule has 0 bridgehead atoms. The third-order valence-electron chi connectivity index (χ3n) is 2.09. The van der Waals surface area contributed by atoms with Crippen LogP contribution in [0.4, 0.5) is 11.4 Å². The minimum Gasteiger partial charge on any atom is -0.398 e. The topological polar surface area (TPSA) is 64.3 Å². The third kappa shape index (κ3) is 3.25. The Morgan fingerprint density at radius 3 is 2.93 bits per heavy atom. The van der Waals surface area contributed by atoms with Crippen LogP contribution in [0, 0.1) is 6.92 Å². The molecule has 3 N–H and O–H groups in total. The summed E-state index contributed by atoms with van der Waals surface area (Å²) in [4.78, 5) is 11.4. The van der Waals surface area contributed by atoms with Crippen LogP contribution < -0.4 is 11.1 Å². The summed E-state index contributed by atoms with van der Waals surface area (Å²) in [5.74, 6) is -0.162. The van der Waals surface area contributed by atoms with Crippen molar-refractivity contribution < 1.29 is 9.53 Å². The van der Waals surface area contributed by atoms with Crippen LogP contribution in [0.2, 0.25) is 0 Å². The Morgan fingerprint density at radius 2 is 2.27 bits per heavy atom. The van der Waals surface area contributed by atoms with Crippen molar-refractivity contribution >= 4 is 17.3 Å². The molecule has 1 aromatic carbocycles. The van der Waals surface area contributed by atoms with Gasteiger partial charge in [-0.3, -0.25) is 4.79 Å². The summed E-state index contributed by atoms with van der Waals surface area (Å²) in [7, 11) is 0. The molecule has 0 aliphatic rings. The maximum absolute atomic E-state index is 11.4. The molecule has 0 spiro atoms. The highest BCUT2D eigenvalue weighted by Gasteiger charge is 2.05. The van der Waals surface area contributed by atoms with Crippen LogP contribution in [-0.4, -0.2) is 19.1 Å². The van der Waals surface area contributed by atoms with E-state index in [0.29, 0.717) is 12.3 Å². The molecule has 0 aliphatic heterocycles. The average molecular weight is 208 g/mol. The average Bonchev–Trinajstić information content (AvgIpc) is 2.22. The van der Waals surface area contributed by atoms with Gasteiger partial charge in [-0.1, -0.05) is 6.07 Å². The molecule has 0 saturated heterocycles. The Hall–Kier alpha value is -1.55.